The Kier molecular flexibility index (Phi) is 6.39. The van der Waals surface area contributed by atoms with Gasteiger partial charge in [-0.1, -0.05) is 19.4 Å². The molecule has 3 N–H and O–H groups in total. The normalized spacial score (nSPS) is 10.2. The molecule has 0 aliphatic heterocycles. The number of amides is 2. The van der Waals surface area contributed by atoms with Crippen LogP contribution in [0.4, 0.5) is 5.69 Å². The van der Waals surface area contributed by atoms with Gasteiger partial charge in [0.2, 0.25) is 5.91 Å². The highest BCUT2D eigenvalue weighted by molar-refractivity contribution is 6.05. The van der Waals surface area contributed by atoms with Crippen LogP contribution < -0.4 is 20.5 Å². The van der Waals surface area contributed by atoms with Gasteiger partial charge < -0.3 is 20.5 Å². The van der Waals surface area contributed by atoms with Crippen molar-refractivity contribution in [1.29, 1.82) is 0 Å². The summed E-state index contributed by atoms with van der Waals surface area (Å²) in [5.41, 5.74) is 6.49. The number of unbranched alkanes of at least 4 members (excludes halogenated alkanes) is 1. The van der Waals surface area contributed by atoms with Crippen LogP contribution in [-0.4, -0.2) is 25.5 Å². The topological polar surface area (TPSA) is 90.6 Å². The van der Waals surface area contributed by atoms with Crippen LogP contribution in [0.25, 0.3) is 0 Å². The van der Waals surface area contributed by atoms with Crippen LogP contribution in [-0.2, 0) is 0 Å². The molecule has 25 heavy (non-hydrogen) atoms. The second-order valence-corrected chi connectivity index (χ2v) is 5.47. The second kappa shape index (κ2) is 8.73. The molecule has 6 heteroatoms. The number of carbonyl (C=O) groups excluding carboxylic acids is 2. The second-order valence-electron chi connectivity index (χ2n) is 5.47. The summed E-state index contributed by atoms with van der Waals surface area (Å²) in [5, 5.41) is 2.73. The molecule has 2 amide bonds. The largest absolute Gasteiger partial charge is 0.493 e. The highest BCUT2D eigenvalue weighted by atomic mass is 16.5. The molecule has 0 fully saturated rings. The SMILES string of the molecule is CCCCOc1ccc(C(=O)Nc2cccc(C(N)=O)c2)cc1OC. The third kappa shape index (κ3) is 4.97. The number of hydrogen-bond acceptors (Lipinski definition) is 4. The third-order valence-electron chi connectivity index (χ3n) is 3.59. The van der Waals surface area contributed by atoms with Gasteiger partial charge in [-0.2, -0.15) is 0 Å². The summed E-state index contributed by atoms with van der Waals surface area (Å²) in [5.74, 6) is 0.226. The van der Waals surface area contributed by atoms with Crippen LogP contribution in [0.2, 0.25) is 0 Å². The summed E-state index contributed by atoms with van der Waals surface area (Å²) < 4.78 is 11.0. The van der Waals surface area contributed by atoms with Crippen LogP contribution in [0.5, 0.6) is 11.5 Å². The predicted octanol–water partition coefficient (Wildman–Crippen LogP) is 3.23. The van der Waals surface area contributed by atoms with Crippen LogP contribution in [0.1, 0.15) is 40.5 Å². The standard InChI is InChI=1S/C19H22N2O4/c1-3-4-10-25-16-9-8-14(12-17(16)24-2)19(23)21-15-7-5-6-13(11-15)18(20)22/h5-9,11-12H,3-4,10H2,1-2H3,(H2,20,22)(H,21,23). The molecule has 0 atom stereocenters. The maximum atomic E-state index is 12.4. The van der Waals surface area contributed by atoms with E-state index in [0.29, 0.717) is 34.9 Å². The highest BCUT2D eigenvalue weighted by Gasteiger charge is 2.12. The Morgan fingerprint density at radius 3 is 2.56 bits per heavy atom. The third-order valence-corrected chi connectivity index (χ3v) is 3.59. The van der Waals surface area contributed by atoms with E-state index >= 15 is 0 Å². The molecule has 132 valence electrons. The van der Waals surface area contributed by atoms with E-state index < -0.39 is 5.91 Å². The van der Waals surface area contributed by atoms with Crippen molar-refractivity contribution in [2.24, 2.45) is 5.73 Å². The average Bonchev–Trinajstić information content (AvgIpc) is 2.62. The lowest BCUT2D eigenvalue weighted by atomic mass is 10.1. The summed E-state index contributed by atoms with van der Waals surface area (Å²) in [6.45, 7) is 2.68. The fourth-order valence-electron chi connectivity index (χ4n) is 2.21. The van der Waals surface area contributed by atoms with Gasteiger partial charge in [0.15, 0.2) is 11.5 Å². The van der Waals surface area contributed by atoms with E-state index in [2.05, 4.69) is 12.2 Å². The number of nitrogens with two attached hydrogens (primary N) is 1. The molecule has 0 unspecified atom stereocenters. The summed E-state index contributed by atoms with van der Waals surface area (Å²) in [6, 6.07) is 11.4. The van der Waals surface area contributed by atoms with Gasteiger partial charge in [0.25, 0.3) is 5.91 Å². The lowest BCUT2D eigenvalue weighted by molar-refractivity contribution is 0.0996. The minimum atomic E-state index is -0.550. The number of ether oxygens (including phenoxy) is 2. The van der Waals surface area contributed by atoms with Crippen molar-refractivity contribution in [2.75, 3.05) is 19.0 Å². The molecule has 0 heterocycles. The zero-order valence-corrected chi connectivity index (χ0v) is 14.4. The first-order valence-corrected chi connectivity index (χ1v) is 8.07. The Morgan fingerprint density at radius 1 is 1.08 bits per heavy atom. The molecule has 0 aliphatic carbocycles. The lowest BCUT2D eigenvalue weighted by Crippen LogP contribution is -2.14. The molecule has 0 spiro atoms. The van der Waals surface area contributed by atoms with Gasteiger partial charge in [0.05, 0.1) is 13.7 Å². The maximum Gasteiger partial charge on any atom is 0.255 e. The van der Waals surface area contributed by atoms with Crippen molar-refractivity contribution < 1.29 is 19.1 Å². The van der Waals surface area contributed by atoms with Crippen LogP contribution in [0.15, 0.2) is 42.5 Å². The predicted molar refractivity (Wildman–Crippen MR) is 96.3 cm³/mol. The van der Waals surface area contributed by atoms with Crippen LogP contribution >= 0.6 is 0 Å². The van der Waals surface area contributed by atoms with Crippen molar-refractivity contribution in [3.05, 3.63) is 53.6 Å². The fraction of sp³-hybridized carbons (Fsp3) is 0.263. The maximum absolute atomic E-state index is 12.4. The van der Waals surface area contributed by atoms with Crippen molar-refractivity contribution in [2.45, 2.75) is 19.8 Å². The van der Waals surface area contributed by atoms with Crippen molar-refractivity contribution in [3.63, 3.8) is 0 Å². The Balaban J connectivity index is 2.13. The fourth-order valence-corrected chi connectivity index (χ4v) is 2.21. The van der Waals surface area contributed by atoms with E-state index in [1.807, 2.05) is 0 Å². The number of benzene rings is 2. The molecule has 6 nitrogen and oxygen atoms in total. The summed E-state index contributed by atoms with van der Waals surface area (Å²) in [7, 11) is 1.53. The number of carbonyl (C=O) groups is 2. The summed E-state index contributed by atoms with van der Waals surface area (Å²) in [6.07, 6.45) is 1.98. The Labute approximate surface area is 146 Å². The van der Waals surface area contributed by atoms with E-state index in [4.69, 9.17) is 15.2 Å². The Morgan fingerprint density at radius 2 is 1.88 bits per heavy atom. The Hall–Kier alpha value is -3.02. The summed E-state index contributed by atoms with van der Waals surface area (Å²) in [4.78, 5) is 23.6. The average molecular weight is 342 g/mol. The Bertz CT molecular complexity index is 759. The molecule has 0 radical (unpaired) electrons. The number of hydrogen-bond donors (Lipinski definition) is 2. The van der Waals surface area contributed by atoms with Crippen molar-refractivity contribution in [3.8, 4) is 11.5 Å². The van der Waals surface area contributed by atoms with E-state index in [0.717, 1.165) is 12.8 Å². The zero-order chi connectivity index (χ0) is 18.2. The number of nitrogens with one attached hydrogen (secondary N) is 1. The van der Waals surface area contributed by atoms with Gasteiger partial charge >= 0.3 is 0 Å². The molecule has 0 aromatic heterocycles. The molecule has 0 aliphatic rings. The zero-order valence-electron chi connectivity index (χ0n) is 14.4. The van der Waals surface area contributed by atoms with E-state index in [9.17, 15) is 9.59 Å². The minimum absolute atomic E-state index is 0.319. The number of primary amides is 1. The van der Waals surface area contributed by atoms with Gasteiger partial charge in [-0.25, -0.2) is 0 Å². The van der Waals surface area contributed by atoms with Gasteiger partial charge in [-0.15, -0.1) is 0 Å². The minimum Gasteiger partial charge on any atom is -0.493 e. The smallest absolute Gasteiger partial charge is 0.255 e. The molecular formula is C19H22N2O4. The molecule has 2 aromatic rings. The van der Waals surface area contributed by atoms with E-state index in [1.54, 1.807) is 36.4 Å². The molecule has 0 saturated heterocycles. The lowest BCUT2D eigenvalue weighted by Gasteiger charge is -2.12. The van der Waals surface area contributed by atoms with Crippen LogP contribution in [0.3, 0.4) is 0 Å². The van der Waals surface area contributed by atoms with Crippen molar-refractivity contribution in [1.82, 2.24) is 0 Å². The quantitative estimate of drug-likeness (QED) is 0.721. The van der Waals surface area contributed by atoms with Gasteiger partial charge in [-0.05, 0) is 42.8 Å². The van der Waals surface area contributed by atoms with E-state index in [1.165, 1.54) is 13.2 Å². The number of methoxy groups -OCH3 is 1. The van der Waals surface area contributed by atoms with Gasteiger partial charge in [0.1, 0.15) is 0 Å². The molecular weight excluding hydrogens is 320 g/mol. The monoisotopic (exact) mass is 342 g/mol. The van der Waals surface area contributed by atoms with Crippen LogP contribution in [0, 0.1) is 0 Å². The van der Waals surface area contributed by atoms with Crippen molar-refractivity contribution >= 4 is 17.5 Å². The number of anilines is 1. The first kappa shape index (κ1) is 18.3. The van der Waals surface area contributed by atoms with Gasteiger partial charge in [-0.3, -0.25) is 9.59 Å². The molecule has 0 bridgehead atoms. The van der Waals surface area contributed by atoms with E-state index in [-0.39, 0.29) is 5.91 Å². The highest BCUT2D eigenvalue weighted by Crippen LogP contribution is 2.28. The number of rotatable bonds is 8. The first-order valence-electron chi connectivity index (χ1n) is 8.07. The molecule has 2 aromatic carbocycles. The molecule has 0 saturated carbocycles. The molecule has 2 rings (SSSR count). The summed E-state index contributed by atoms with van der Waals surface area (Å²) >= 11 is 0. The first-order chi connectivity index (χ1) is 12.0. The van der Waals surface area contributed by atoms with Gasteiger partial charge in [0, 0.05) is 16.8 Å².